The Balaban J connectivity index is 1.86. The zero-order valence-corrected chi connectivity index (χ0v) is 15.2. The molecule has 25 heavy (non-hydrogen) atoms. The Bertz CT molecular complexity index is 818. The maximum Gasteiger partial charge on any atom is 0.214 e. The van der Waals surface area contributed by atoms with Gasteiger partial charge in [0.2, 0.25) is 10.0 Å². The van der Waals surface area contributed by atoms with E-state index in [-0.39, 0.29) is 13.2 Å². The third-order valence-electron chi connectivity index (χ3n) is 4.60. The monoisotopic (exact) mass is 361 g/mol. The standard InChI is InChI=1S/C19H23NO4S/c1-14(2)25(22,23)20-18-12-24-13-19(18,21)17-10-8-16(9-11-17)15-6-4-3-5-7-15/h3-11,14,18,20-21H,12-13H2,1-2H3. The van der Waals surface area contributed by atoms with Crippen molar-refractivity contribution in [2.45, 2.75) is 30.7 Å². The molecule has 0 amide bonds. The second-order valence-electron chi connectivity index (χ2n) is 6.65. The lowest BCUT2D eigenvalue weighted by Gasteiger charge is -2.29. The van der Waals surface area contributed by atoms with Gasteiger partial charge in [-0.3, -0.25) is 0 Å². The summed E-state index contributed by atoms with van der Waals surface area (Å²) in [5.74, 6) is 0. The summed E-state index contributed by atoms with van der Waals surface area (Å²) in [5.41, 5.74) is 1.38. The summed E-state index contributed by atoms with van der Waals surface area (Å²) >= 11 is 0. The van der Waals surface area contributed by atoms with Crippen molar-refractivity contribution in [3.8, 4) is 11.1 Å². The van der Waals surface area contributed by atoms with E-state index in [1.54, 1.807) is 13.8 Å². The van der Waals surface area contributed by atoms with Crippen molar-refractivity contribution >= 4 is 10.0 Å². The Kier molecular flexibility index (Phi) is 4.97. The molecule has 5 nitrogen and oxygen atoms in total. The van der Waals surface area contributed by atoms with E-state index in [2.05, 4.69) is 4.72 Å². The van der Waals surface area contributed by atoms with Gasteiger partial charge in [0.25, 0.3) is 0 Å². The first-order valence-corrected chi connectivity index (χ1v) is 9.85. The predicted octanol–water partition coefficient (Wildman–Crippen LogP) is 2.27. The Morgan fingerprint density at radius 1 is 1.08 bits per heavy atom. The van der Waals surface area contributed by atoms with E-state index in [9.17, 15) is 13.5 Å². The fraction of sp³-hybridized carbons (Fsp3) is 0.368. The summed E-state index contributed by atoms with van der Waals surface area (Å²) in [6.07, 6.45) is 0. The Labute approximate surface area is 148 Å². The zero-order chi connectivity index (χ0) is 18.1. The second-order valence-corrected chi connectivity index (χ2v) is 8.92. The number of sulfonamides is 1. The summed E-state index contributed by atoms with van der Waals surface area (Å²) in [7, 11) is -3.50. The molecule has 1 saturated heterocycles. The van der Waals surface area contributed by atoms with Crippen molar-refractivity contribution in [3.63, 3.8) is 0 Å². The Morgan fingerprint density at radius 2 is 1.68 bits per heavy atom. The number of rotatable bonds is 5. The van der Waals surface area contributed by atoms with E-state index in [0.29, 0.717) is 5.56 Å². The van der Waals surface area contributed by atoms with Crippen LogP contribution in [-0.4, -0.2) is 38.0 Å². The van der Waals surface area contributed by atoms with Crippen LogP contribution in [0.1, 0.15) is 19.4 Å². The van der Waals surface area contributed by atoms with E-state index in [1.165, 1.54) is 0 Å². The highest BCUT2D eigenvalue weighted by atomic mass is 32.2. The van der Waals surface area contributed by atoms with Crippen LogP contribution in [0, 0.1) is 0 Å². The molecule has 0 aromatic heterocycles. The zero-order valence-electron chi connectivity index (χ0n) is 14.3. The van der Waals surface area contributed by atoms with Gasteiger partial charge in [0.05, 0.1) is 24.5 Å². The van der Waals surface area contributed by atoms with Crippen LogP contribution < -0.4 is 4.72 Å². The third-order valence-corrected chi connectivity index (χ3v) is 6.46. The summed E-state index contributed by atoms with van der Waals surface area (Å²) in [5, 5.41) is 10.5. The van der Waals surface area contributed by atoms with Gasteiger partial charge in [-0.15, -0.1) is 0 Å². The molecule has 134 valence electrons. The molecule has 1 fully saturated rings. The molecule has 2 atom stereocenters. The summed E-state index contributed by atoms with van der Waals surface area (Å²) in [6, 6.07) is 16.7. The van der Waals surface area contributed by atoms with Gasteiger partial charge in [-0.05, 0) is 30.5 Å². The molecule has 6 heteroatoms. The molecular formula is C19H23NO4S. The molecule has 2 aromatic carbocycles. The van der Waals surface area contributed by atoms with Crippen molar-refractivity contribution < 1.29 is 18.3 Å². The van der Waals surface area contributed by atoms with E-state index in [1.807, 2.05) is 54.6 Å². The molecule has 0 saturated carbocycles. The molecule has 0 bridgehead atoms. The van der Waals surface area contributed by atoms with Crippen LogP contribution in [0.5, 0.6) is 0 Å². The van der Waals surface area contributed by atoms with Crippen molar-refractivity contribution in [1.29, 1.82) is 0 Å². The van der Waals surface area contributed by atoms with E-state index in [0.717, 1.165) is 11.1 Å². The lowest BCUT2D eigenvalue weighted by molar-refractivity contribution is 0.0121. The van der Waals surface area contributed by atoms with Gasteiger partial charge in [-0.2, -0.15) is 0 Å². The first-order valence-electron chi connectivity index (χ1n) is 8.30. The van der Waals surface area contributed by atoms with Crippen LogP contribution in [0.25, 0.3) is 11.1 Å². The second kappa shape index (κ2) is 6.88. The van der Waals surface area contributed by atoms with Gasteiger partial charge in [0, 0.05) is 0 Å². The number of benzene rings is 2. The minimum absolute atomic E-state index is 0.0585. The van der Waals surface area contributed by atoms with Gasteiger partial charge >= 0.3 is 0 Å². The average Bonchev–Trinajstić information content (AvgIpc) is 2.97. The van der Waals surface area contributed by atoms with Gasteiger partial charge in [0.15, 0.2) is 0 Å². The Hall–Kier alpha value is -1.73. The smallest absolute Gasteiger partial charge is 0.214 e. The predicted molar refractivity (Wildman–Crippen MR) is 97.6 cm³/mol. The lowest BCUT2D eigenvalue weighted by Crippen LogP contribution is -2.51. The maximum atomic E-state index is 12.2. The van der Waals surface area contributed by atoms with Gasteiger partial charge in [-0.25, -0.2) is 13.1 Å². The van der Waals surface area contributed by atoms with Crippen molar-refractivity contribution in [3.05, 3.63) is 60.2 Å². The van der Waals surface area contributed by atoms with Crippen molar-refractivity contribution in [2.75, 3.05) is 13.2 Å². The van der Waals surface area contributed by atoms with Crippen LogP contribution in [0.15, 0.2) is 54.6 Å². The molecular weight excluding hydrogens is 338 g/mol. The number of ether oxygens (including phenoxy) is 1. The topological polar surface area (TPSA) is 75.6 Å². The first kappa shape index (κ1) is 18.1. The number of hydrogen-bond acceptors (Lipinski definition) is 4. The summed E-state index contributed by atoms with van der Waals surface area (Å²) < 4.78 is 32.3. The van der Waals surface area contributed by atoms with Gasteiger partial charge < -0.3 is 9.84 Å². The average molecular weight is 361 g/mol. The largest absolute Gasteiger partial charge is 0.381 e. The summed E-state index contributed by atoms with van der Waals surface area (Å²) in [4.78, 5) is 0. The molecule has 1 aliphatic heterocycles. The molecule has 1 aliphatic rings. The molecule has 0 spiro atoms. The van der Waals surface area contributed by atoms with Crippen LogP contribution in [0.3, 0.4) is 0 Å². The van der Waals surface area contributed by atoms with E-state index < -0.39 is 26.9 Å². The molecule has 2 aromatic rings. The van der Waals surface area contributed by atoms with Gasteiger partial charge in [0.1, 0.15) is 5.60 Å². The van der Waals surface area contributed by atoms with Gasteiger partial charge in [-0.1, -0.05) is 54.6 Å². The number of hydrogen-bond donors (Lipinski definition) is 2. The molecule has 0 radical (unpaired) electrons. The van der Waals surface area contributed by atoms with Crippen molar-refractivity contribution in [1.82, 2.24) is 4.72 Å². The highest BCUT2D eigenvalue weighted by Gasteiger charge is 2.46. The van der Waals surface area contributed by atoms with Crippen LogP contribution >= 0.6 is 0 Å². The van der Waals surface area contributed by atoms with Crippen molar-refractivity contribution in [2.24, 2.45) is 0 Å². The number of aliphatic hydroxyl groups is 1. The normalized spacial score (nSPS) is 23.9. The fourth-order valence-corrected chi connectivity index (χ4v) is 3.83. The van der Waals surface area contributed by atoms with Crippen LogP contribution in [0.2, 0.25) is 0 Å². The molecule has 0 aliphatic carbocycles. The first-order chi connectivity index (χ1) is 11.8. The minimum Gasteiger partial charge on any atom is -0.381 e. The van der Waals surface area contributed by atoms with E-state index >= 15 is 0 Å². The SMILES string of the molecule is CC(C)S(=O)(=O)NC1COCC1(O)c1ccc(-c2ccccc2)cc1. The van der Waals surface area contributed by atoms with Crippen LogP contribution in [-0.2, 0) is 20.4 Å². The lowest BCUT2D eigenvalue weighted by atomic mass is 9.88. The Morgan fingerprint density at radius 3 is 2.28 bits per heavy atom. The van der Waals surface area contributed by atoms with Crippen LogP contribution in [0.4, 0.5) is 0 Å². The number of nitrogens with one attached hydrogen (secondary N) is 1. The fourth-order valence-electron chi connectivity index (χ4n) is 2.90. The molecule has 2 N–H and O–H groups in total. The quantitative estimate of drug-likeness (QED) is 0.857. The van der Waals surface area contributed by atoms with E-state index in [4.69, 9.17) is 4.74 Å². The maximum absolute atomic E-state index is 12.2. The molecule has 1 heterocycles. The highest BCUT2D eigenvalue weighted by Crippen LogP contribution is 2.33. The highest BCUT2D eigenvalue weighted by molar-refractivity contribution is 7.90. The summed E-state index contributed by atoms with van der Waals surface area (Å²) in [6.45, 7) is 3.41. The third kappa shape index (κ3) is 3.62. The molecule has 3 rings (SSSR count). The molecule has 2 unspecified atom stereocenters. The minimum atomic E-state index is -3.50.